The summed E-state index contributed by atoms with van der Waals surface area (Å²) in [6.45, 7) is 0. The highest BCUT2D eigenvalue weighted by atomic mass is 127. The van der Waals surface area contributed by atoms with Crippen LogP contribution in [-0.4, -0.2) is 17.9 Å². The van der Waals surface area contributed by atoms with Gasteiger partial charge >= 0.3 is 0 Å². The minimum atomic E-state index is -0.336. The summed E-state index contributed by atoms with van der Waals surface area (Å²) in [6.07, 6.45) is 1.43. The van der Waals surface area contributed by atoms with Gasteiger partial charge in [-0.2, -0.15) is 0 Å². The first-order chi connectivity index (χ1) is 9.51. The SMILES string of the molecule is CNc1cc(C(=O)Nc2ccc(I)cc2Cl)c(Cl)cn1. The number of benzene rings is 1. The van der Waals surface area contributed by atoms with Crippen molar-refractivity contribution in [2.24, 2.45) is 0 Å². The number of anilines is 2. The van der Waals surface area contributed by atoms with Crippen LogP contribution in [0.25, 0.3) is 0 Å². The molecule has 7 heteroatoms. The van der Waals surface area contributed by atoms with Crippen molar-refractivity contribution in [2.75, 3.05) is 17.7 Å². The van der Waals surface area contributed by atoms with Gasteiger partial charge in [0, 0.05) is 16.8 Å². The molecule has 1 amide bonds. The Kier molecular flexibility index (Phi) is 5.06. The number of nitrogens with one attached hydrogen (secondary N) is 2. The lowest BCUT2D eigenvalue weighted by Crippen LogP contribution is -2.13. The Morgan fingerprint density at radius 3 is 2.65 bits per heavy atom. The third-order valence-corrected chi connectivity index (χ3v) is 3.82. The van der Waals surface area contributed by atoms with E-state index in [1.165, 1.54) is 6.20 Å². The number of pyridine rings is 1. The second-order valence-corrected chi connectivity index (χ2v) is 5.94. The summed E-state index contributed by atoms with van der Waals surface area (Å²) in [4.78, 5) is 16.3. The van der Waals surface area contributed by atoms with E-state index in [9.17, 15) is 4.79 Å². The van der Waals surface area contributed by atoms with E-state index in [-0.39, 0.29) is 10.9 Å². The molecule has 0 radical (unpaired) electrons. The van der Waals surface area contributed by atoms with Crippen LogP contribution in [-0.2, 0) is 0 Å². The number of nitrogens with zero attached hydrogens (tertiary/aromatic N) is 1. The summed E-state index contributed by atoms with van der Waals surface area (Å²) in [7, 11) is 1.72. The number of aromatic nitrogens is 1. The molecule has 0 saturated heterocycles. The molecule has 2 aromatic rings. The first kappa shape index (κ1) is 15.3. The van der Waals surface area contributed by atoms with Gasteiger partial charge in [0.1, 0.15) is 5.82 Å². The van der Waals surface area contributed by atoms with Crippen LogP contribution in [0.15, 0.2) is 30.5 Å². The molecule has 0 spiro atoms. The average molecular weight is 422 g/mol. The predicted molar refractivity (Wildman–Crippen MR) is 90.9 cm³/mol. The summed E-state index contributed by atoms with van der Waals surface area (Å²) in [5.74, 6) is 0.227. The number of rotatable bonds is 3. The van der Waals surface area contributed by atoms with Crippen molar-refractivity contribution in [1.82, 2.24) is 4.98 Å². The lowest BCUT2D eigenvalue weighted by molar-refractivity contribution is 0.102. The van der Waals surface area contributed by atoms with Gasteiger partial charge in [-0.3, -0.25) is 4.79 Å². The van der Waals surface area contributed by atoms with Crippen LogP contribution in [0.3, 0.4) is 0 Å². The zero-order valence-electron chi connectivity index (χ0n) is 10.4. The fourth-order valence-corrected chi connectivity index (χ4v) is 2.62. The zero-order chi connectivity index (χ0) is 14.7. The summed E-state index contributed by atoms with van der Waals surface area (Å²) < 4.78 is 0.991. The summed E-state index contributed by atoms with van der Waals surface area (Å²) in [6, 6.07) is 6.95. The number of halogens is 3. The molecular formula is C13H10Cl2IN3O. The molecule has 0 aliphatic rings. The highest BCUT2D eigenvalue weighted by Crippen LogP contribution is 2.25. The Bertz CT molecular complexity index is 664. The third kappa shape index (κ3) is 3.53. The fourth-order valence-electron chi connectivity index (χ4n) is 1.53. The Labute approximate surface area is 140 Å². The Morgan fingerprint density at radius 2 is 2.00 bits per heavy atom. The van der Waals surface area contributed by atoms with E-state index in [1.54, 1.807) is 25.2 Å². The minimum absolute atomic E-state index is 0.281. The van der Waals surface area contributed by atoms with Gasteiger partial charge in [-0.1, -0.05) is 23.2 Å². The number of hydrogen-bond acceptors (Lipinski definition) is 3. The molecule has 20 heavy (non-hydrogen) atoms. The average Bonchev–Trinajstić information content (AvgIpc) is 2.42. The van der Waals surface area contributed by atoms with Crippen LogP contribution in [0, 0.1) is 3.57 Å². The maximum atomic E-state index is 12.2. The van der Waals surface area contributed by atoms with Crippen molar-refractivity contribution >= 4 is 63.2 Å². The highest BCUT2D eigenvalue weighted by Gasteiger charge is 2.13. The van der Waals surface area contributed by atoms with Crippen molar-refractivity contribution in [1.29, 1.82) is 0 Å². The molecule has 0 unspecified atom stereocenters. The van der Waals surface area contributed by atoms with Crippen LogP contribution < -0.4 is 10.6 Å². The van der Waals surface area contributed by atoms with Crippen molar-refractivity contribution in [3.8, 4) is 0 Å². The van der Waals surface area contributed by atoms with Crippen LogP contribution in [0.2, 0.25) is 10.0 Å². The van der Waals surface area contributed by atoms with Gasteiger partial charge in [0.05, 0.1) is 21.3 Å². The molecule has 0 saturated carbocycles. The van der Waals surface area contributed by atoms with Gasteiger partial charge in [0.25, 0.3) is 5.91 Å². The Morgan fingerprint density at radius 1 is 1.25 bits per heavy atom. The number of amides is 1. The summed E-state index contributed by atoms with van der Waals surface area (Å²) in [5, 5.41) is 6.34. The highest BCUT2D eigenvalue weighted by molar-refractivity contribution is 14.1. The van der Waals surface area contributed by atoms with Gasteiger partial charge in [-0.15, -0.1) is 0 Å². The number of carbonyl (C=O) groups excluding carboxylic acids is 1. The number of carbonyl (C=O) groups is 1. The quantitative estimate of drug-likeness (QED) is 0.727. The molecule has 0 fully saturated rings. The van der Waals surface area contributed by atoms with Gasteiger partial charge < -0.3 is 10.6 Å². The first-order valence-corrected chi connectivity index (χ1v) is 7.44. The molecule has 2 rings (SSSR count). The molecule has 1 aromatic carbocycles. The van der Waals surface area contributed by atoms with Crippen molar-refractivity contribution in [3.05, 3.63) is 49.6 Å². The molecule has 1 aromatic heterocycles. The van der Waals surface area contributed by atoms with E-state index >= 15 is 0 Å². The minimum Gasteiger partial charge on any atom is -0.373 e. The molecule has 4 nitrogen and oxygen atoms in total. The largest absolute Gasteiger partial charge is 0.373 e. The summed E-state index contributed by atoms with van der Waals surface area (Å²) >= 11 is 14.2. The van der Waals surface area contributed by atoms with E-state index in [1.807, 2.05) is 6.07 Å². The lowest BCUT2D eigenvalue weighted by atomic mass is 10.2. The van der Waals surface area contributed by atoms with Crippen LogP contribution in [0.4, 0.5) is 11.5 Å². The molecular weight excluding hydrogens is 412 g/mol. The van der Waals surface area contributed by atoms with E-state index in [4.69, 9.17) is 23.2 Å². The third-order valence-electron chi connectivity index (χ3n) is 2.54. The number of hydrogen-bond donors (Lipinski definition) is 2. The topological polar surface area (TPSA) is 54.0 Å². The normalized spacial score (nSPS) is 10.2. The van der Waals surface area contributed by atoms with Crippen molar-refractivity contribution < 1.29 is 4.79 Å². The van der Waals surface area contributed by atoms with Gasteiger partial charge in [-0.05, 0) is 46.9 Å². The van der Waals surface area contributed by atoms with Gasteiger partial charge in [0.2, 0.25) is 0 Å². The van der Waals surface area contributed by atoms with Crippen molar-refractivity contribution in [3.63, 3.8) is 0 Å². The van der Waals surface area contributed by atoms with Crippen LogP contribution >= 0.6 is 45.8 Å². The fraction of sp³-hybridized carbons (Fsp3) is 0.0769. The van der Waals surface area contributed by atoms with E-state index in [2.05, 4.69) is 38.2 Å². The van der Waals surface area contributed by atoms with Crippen LogP contribution in [0.1, 0.15) is 10.4 Å². The Balaban J connectivity index is 2.28. The maximum Gasteiger partial charge on any atom is 0.257 e. The molecule has 104 valence electrons. The van der Waals surface area contributed by atoms with Gasteiger partial charge in [-0.25, -0.2) is 4.98 Å². The monoisotopic (exact) mass is 421 g/mol. The first-order valence-electron chi connectivity index (χ1n) is 5.61. The molecule has 0 bridgehead atoms. The summed E-state index contributed by atoms with van der Waals surface area (Å²) in [5.41, 5.74) is 0.872. The molecule has 1 heterocycles. The molecule has 0 atom stereocenters. The van der Waals surface area contributed by atoms with Gasteiger partial charge in [0.15, 0.2) is 0 Å². The zero-order valence-corrected chi connectivity index (χ0v) is 14.0. The molecule has 0 aliphatic carbocycles. The van der Waals surface area contributed by atoms with Crippen LogP contribution in [0.5, 0.6) is 0 Å². The second kappa shape index (κ2) is 6.60. The predicted octanol–water partition coefficient (Wildman–Crippen LogP) is 4.29. The maximum absolute atomic E-state index is 12.2. The lowest BCUT2D eigenvalue weighted by Gasteiger charge is -2.09. The second-order valence-electron chi connectivity index (χ2n) is 3.88. The standard InChI is InChI=1S/C13H10Cl2IN3O/c1-17-12-5-8(10(15)6-18-12)13(20)19-11-3-2-7(16)4-9(11)14/h2-6H,1H3,(H,17,18)(H,19,20). The van der Waals surface area contributed by atoms with E-state index in [0.29, 0.717) is 22.1 Å². The smallest absolute Gasteiger partial charge is 0.257 e. The molecule has 0 aliphatic heterocycles. The van der Waals surface area contributed by atoms with Crippen molar-refractivity contribution in [2.45, 2.75) is 0 Å². The van der Waals surface area contributed by atoms with E-state index < -0.39 is 0 Å². The van der Waals surface area contributed by atoms with E-state index in [0.717, 1.165) is 3.57 Å². The molecule has 2 N–H and O–H groups in total. The Hall–Kier alpha value is -1.05.